The molecule has 1 aromatic heterocycles. The van der Waals surface area contributed by atoms with Crippen molar-refractivity contribution in [2.45, 2.75) is 64.2 Å². The maximum Gasteiger partial charge on any atom is 0.322 e. The first kappa shape index (κ1) is 21.8. The zero-order valence-corrected chi connectivity index (χ0v) is 18.6. The Morgan fingerprint density at radius 3 is 2.52 bits per heavy atom. The highest BCUT2D eigenvalue weighted by atomic mass is 16.5. The van der Waals surface area contributed by atoms with Crippen molar-refractivity contribution in [3.63, 3.8) is 0 Å². The fraction of sp³-hybridized carbons (Fsp3) is 0.583. The lowest BCUT2D eigenvalue weighted by molar-refractivity contribution is 0.0524. The topological polar surface area (TPSA) is 68.6 Å². The SMILES string of the molecule is CC(C)c1nccn1Cc1cccc(NC(=O)N(C[C@@H]2CCCO2)C[C@@H]2CCCO2)c1. The van der Waals surface area contributed by atoms with Crippen LogP contribution in [0.5, 0.6) is 0 Å². The Morgan fingerprint density at radius 2 is 1.90 bits per heavy atom. The number of aromatic nitrogens is 2. The number of nitrogens with zero attached hydrogens (tertiary/aromatic N) is 3. The first-order valence-corrected chi connectivity index (χ1v) is 11.5. The normalized spacial score (nSPS) is 21.0. The molecule has 0 bridgehead atoms. The Bertz CT molecular complexity index is 836. The number of carbonyl (C=O) groups is 1. The molecule has 1 aromatic carbocycles. The van der Waals surface area contributed by atoms with E-state index in [9.17, 15) is 4.79 Å². The summed E-state index contributed by atoms with van der Waals surface area (Å²) in [5.74, 6) is 1.43. The summed E-state index contributed by atoms with van der Waals surface area (Å²) >= 11 is 0. The molecule has 2 aliphatic rings. The van der Waals surface area contributed by atoms with Crippen LogP contribution in [-0.2, 0) is 16.0 Å². The van der Waals surface area contributed by atoms with Gasteiger partial charge < -0.3 is 24.3 Å². The summed E-state index contributed by atoms with van der Waals surface area (Å²) < 4.78 is 13.7. The standard InChI is InChI=1S/C24H34N4O3/c1-18(2)23-25-10-11-27(23)15-19-6-3-7-20(14-19)26-24(29)28(16-21-8-4-12-30-21)17-22-9-5-13-31-22/h3,6-7,10-11,14,18,21-22H,4-5,8-9,12-13,15-17H2,1-2H3,(H,26,29)/t21-,22-/m0/s1. The van der Waals surface area contributed by atoms with Gasteiger partial charge in [-0.2, -0.15) is 0 Å². The van der Waals surface area contributed by atoms with E-state index in [4.69, 9.17) is 9.47 Å². The van der Waals surface area contributed by atoms with Crippen LogP contribution in [0.2, 0.25) is 0 Å². The van der Waals surface area contributed by atoms with E-state index in [1.807, 2.05) is 35.5 Å². The summed E-state index contributed by atoms with van der Waals surface area (Å²) in [5.41, 5.74) is 1.93. The number of rotatable bonds is 8. The van der Waals surface area contributed by atoms with Gasteiger partial charge >= 0.3 is 6.03 Å². The number of imidazole rings is 1. The van der Waals surface area contributed by atoms with Gasteiger partial charge in [-0.25, -0.2) is 9.78 Å². The fourth-order valence-electron chi connectivity index (χ4n) is 4.41. The van der Waals surface area contributed by atoms with Gasteiger partial charge in [0.05, 0.1) is 12.2 Å². The largest absolute Gasteiger partial charge is 0.376 e. The molecule has 2 aromatic rings. The highest BCUT2D eigenvalue weighted by molar-refractivity contribution is 5.89. The second-order valence-corrected chi connectivity index (χ2v) is 8.87. The van der Waals surface area contributed by atoms with E-state index >= 15 is 0 Å². The van der Waals surface area contributed by atoms with Crippen molar-refractivity contribution in [3.8, 4) is 0 Å². The van der Waals surface area contributed by atoms with Crippen LogP contribution in [0.15, 0.2) is 36.7 Å². The molecule has 0 aliphatic carbocycles. The summed E-state index contributed by atoms with van der Waals surface area (Å²) in [4.78, 5) is 19.5. The number of hydrogen-bond donors (Lipinski definition) is 1. The van der Waals surface area contributed by atoms with Gasteiger partial charge in [0.25, 0.3) is 0 Å². The third-order valence-corrected chi connectivity index (χ3v) is 5.98. The van der Waals surface area contributed by atoms with Crippen molar-refractivity contribution < 1.29 is 14.3 Å². The van der Waals surface area contributed by atoms with Gasteiger partial charge in [0, 0.05) is 56.8 Å². The van der Waals surface area contributed by atoms with E-state index in [-0.39, 0.29) is 18.2 Å². The van der Waals surface area contributed by atoms with E-state index in [2.05, 4.69) is 34.8 Å². The third kappa shape index (κ3) is 5.86. The van der Waals surface area contributed by atoms with Crippen LogP contribution < -0.4 is 5.32 Å². The van der Waals surface area contributed by atoms with Crippen molar-refractivity contribution in [3.05, 3.63) is 48.0 Å². The summed E-state index contributed by atoms with van der Waals surface area (Å²) in [6.07, 6.45) is 8.23. The van der Waals surface area contributed by atoms with Gasteiger partial charge in [0.15, 0.2) is 0 Å². The molecule has 0 saturated carbocycles. The Balaban J connectivity index is 1.42. The van der Waals surface area contributed by atoms with Crippen LogP contribution >= 0.6 is 0 Å². The van der Waals surface area contributed by atoms with E-state index in [0.29, 0.717) is 19.0 Å². The number of ether oxygens (including phenoxy) is 2. The number of amides is 2. The second-order valence-electron chi connectivity index (χ2n) is 8.87. The van der Waals surface area contributed by atoms with E-state index in [0.717, 1.165) is 62.5 Å². The Hall–Kier alpha value is -2.38. The molecule has 0 radical (unpaired) electrons. The van der Waals surface area contributed by atoms with Gasteiger partial charge in [0.1, 0.15) is 5.82 Å². The van der Waals surface area contributed by atoms with Crippen LogP contribution in [0.1, 0.15) is 56.8 Å². The first-order chi connectivity index (χ1) is 15.1. The van der Waals surface area contributed by atoms with Crippen molar-refractivity contribution in [2.75, 3.05) is 31.6 Å². The lowest BCUT2D eigenvalue weighted by Crippen LogP contribution is -2.44. The first-order valence-electron chi connectivity index (χ1n) is 11.5. The minimum atomic E-state index is -0.0892. The molecular weight excluding hydrogens is 392 g/mol. The average molecular weight is 427 g/mol. The van der Waals surface area contributed by atoms with Crippen LogP contribution in [-0.4, -0.2) is 59.0 Å². The van der Waals surface area contributed by atoms with Gasteiger partial charge in [0.2, 0.25) is 0 Å². The minimum absolute atomic E-state index is 0.0892. The van der Waals surface area contributed by atoms with Crippen molar-refractivity contribution >= 4 is 11.7 Å². The van der Waals surface area contributed by atoms with Crippen molar-refractivity contribution in [2.24, 2.45) is 0 Å². The van der Waals surface area contributed by atoms with E-state index in [1.165, 1.54) is 0 Å². The van der Waals surface area contributed by atoms with Crippen LogP contribution in [0.3, 0.4) is 0 Å². The molecule has 2 fully saturated rings. The molecule has 4 rings (SSSR count). The Morgan fingerprint density at radius 1 is 1.19 bits per heavy atom. The zero-order chi connectivity index (χ0) is 21.6. The minimum Gasteiger partial charge on any atom is -0.376 e. The van der Waals surface area contributed by atoms with Crippen molar-refractivity contribution in [1.82, 2.24) is 14.5 Å². The maximum absolute atomic E-state index is 13.1. The molecule has 1 N–H and O–H groups in total. The molecule has 7 nitrogen and oxygen atoms in total. The molecule has 2 atom stereocenters. The number of benzene rings is 1. The zero-order valence-electron chi connectivity index (χ0n) is 18.6. The highest BCUT2D eigenvalue weighted by Crippen LogP contribution is 2.20. The van der Waals surface area contributed by atoms with Crippen LogP contribution in [0.4, 0.5) is 10.5 Å². The Kier molecular flexibility index (Phi) is 7.25. The lowest BCUT2D eigenvalue weighted by atomic mass is 10.1. The van der Waals surface area contributed by atoms with E-state index < -0.39 is 0 Å². The fourth-order valence-corrected chi connectivity index (χ4v) is 4.41. The Labute approximate surface area is 184 Å². The number of urea groups is 1. The van der Waals surface area contributed by atoms with Gasteiger partial charge in [-0.1, -0.05) is 26.0 Å². The summed E-state index contributed by atoms with van der Waals surface area (Å²) in [7, 11) is 0. The van der Waals surface area contributed by atoms with Crippen molar-refractivity contribution in [1.29, 1.82) is 0 Å². The lowest BCUT2D eigenvalue weighted by Gasteiger charge is -2.28. The molecule has 3 heterocycles. The van der Waals surface area contributed by atoms with Gasteiger partial charge in [-0.15, -0.1) is 0 Å². The summed E-state index contributed by atoms with van der Waals surface area (Å²) in [6, 6.07) is 7.96. The molecule has 2 amide bonds. The summed E-state index contributed by atoms with van der Waals surface area (Å²) in [6.45, 7) is 7.81. The monoisotopic (exact) mass is 426 g/mol. The third-order valence-electron chi connectivity index (χ3n) is 5.98. The smallest absolute Gasteiger partial charge is 0.322 e. The van der Waals surface area contributed by atoms with Crippen LogP contribution in [0, 0.1) is 0 Å². The molecule has 2 aliphatic heterocycles. The highest BCUT2D eigenvalue weighted by Gasteiger charge is 2.27. The maximum atomic E-state index is 13.1. The number of hydrogen-bond acceptors (Lipinski definition) is 4. The molecule has 2 saturated heterocycles. The molecule has 0 spiro atoms. The molecular formula is C24H34N4O3. The predicted octanol–water partition coefficient (Wildman–Crippen LogP) is 4.25. The molecule has 7 heteroatoms. The average Bonchev–Trinajstić information content (AvgIpc) is 3.51. The second kappa shape index (κ2) is 10.3. The summed E-state index contributed by atoms with van der Waals surface area (Å²) in [5, 5.41) is 3.10. The van der Waals surface area contributed by atoms with E-state index in [1.54, 1.807) is 0 Å². The van der Waals surface area contributed by atoms with Crippen LogP contribution in [0.25, 0.3) is 0 Å². The molecule has 168 valence electrons. The number of carbonyl (C=O) groups excluding carboxylic acids is 1. The predicted molar refractivity (Wildman–Crippen MR) is 120 cm³/mol. The van der Waals surface area contributed by atoms with Gasteiger partial charge in [-0.05, 0) is 43.4 Å². The molecule has 31 heavy (non-hydrogen) atoms. The number of nitrogens with one attached hydrogen (secondary N) is 1. The van der Waals surface area contributed by atoms with Gasteiger partial charge in [-0.3, -0.25) is 0 Å². The molecule has 0 unspecified atom stereocenters. The quantitative estimate of drug-likeness (QED) is 0.685. The number of anilines is 1.